The maximum absolute atomic E-state index is 12.9. The number of rotatable bonds is 9. The molecule has 0 bridgehead atoms. The Morgan fingerprint density at radius 2 is 1.64 bits per heavy atom. The number of carboxylic acids is 1. The van der Waals surface area contributed by atoms with Crippen LogP contribution in [-0.2, 0) is 4.79 Å². The molecule has 0 aliphatic heterocycles. The van der Waals surface area contributed by atoms with E-state index in [1.807, 2.05) is 6.92 Å². The van der Waals surface area contributed by atoms with E-state index in [1.165, 1.54) is 24.3 Å². The molecular formula is C20H21FN2O5. The maximum atomic E-state index is 12.9. The molecule has 2 amide bonds. The zero-order valence-electron chi connectivity index (χ0n) is 15.3. The summed E-state index contributed by atoms with van der Waals surface area (Å²) in [4.78, 5) is 35.7. The highest BCUT2D eigenvalue weighted by Crippen LogP contribution is 2.13. The molecule has 0 aliphatic carbocycles. The minimum absolute atomic E-state index is 0.164. The summed E-state index contributed by atoms with van der Waals surface area (Å²) in [5.41, 5.74) is 0.550. The molecule has 0 aromatic heterocycles. The van der Waals surface area contributed by atoms with E-state index in [1.54, 1.807) is 12.1 Å². The predicted molar refractivity (Wildman–Crippen MR) is 99.9 cm³/mol. The van der Waals surface area contributed by atoms with Gasteiger partial charge >= 0.3 is 5.97 Å². The van der Waals surface area contributed by atoms with E-state index >= 15 is 0 Å². The highest BCUT2D eigenvalue weighted by atomic mass is 19.1. The summed E-state index contributed by atoms with van der Waals surface area (Å²) < 4.78 is 18.2. The number of ether oxygens (including phenoxy) is 1. The number of amides is 2. The quantitative estimate of drug-likeness (QED) is 0.611. The molecule has 0 aliphatic rings. The number of carbonyl (C=O) groups excluding carboxylic acids is 2. The number of hydrogen-bond acceptors (Lipinski definition) is 4. The Morgan fingerprint density at radius 1 is 1.04 bits per heavy atom. The Bertz CT molecular complexity index is 839. The second-order valence-electron chi connectivity index (χ2n) is 5.95. The highest BCUT2D eigenvalue weighted by Gasteiger charge is 2.21. The standard InChI is InChI=1S/C20H21FN2O5/c1-2-10-22-18(24)13-4-3-5-14(11-13)19(25)23-12-17(20(26)27)28-16-8-6-15(21)7-9-16/h3-9,11,17H,2,10,12H2,1H3,(H,22,24)(H,23,25)(H,26,27). The molecule has 2 aromatic rings. The lowest BCUT2D eigenvalue weighted by atomic mass is 10.1. The van der Waals surface area contributed by atoms with Crippen molar-refractivity contribution >= 4 is 17.8 Å². The third-order valence-electron chi connectivity index (χ3n) is 3.74. The van der Waals surface area contributed by atoms with Gasteiger partial charge in [-0.3, -0.25) is 9.59 Å². The lowest BCUT2D eigenvalue weighted by molar-refractivity contribution is -0.144. The first-order valence-electron chi connectivity index (χ1n) is 8.72. The van der Waals surface area contributed by atoms with Gasteiger partial charge in [0.15, 0.2) is 0 Å². The first kappa shape index (κ1) is 20.9. The Balaban J connectivity index is 1.99. The van der Waals surface area contributed by atoms with Gasteiger partial charge in [0.1, 0.15) is 11.6 Å². The van der Waals surface area contributed by atoms with E-state index in [0.717, 1.165) is 18.6 Å². The first-order valence-corrected chi connectivity index (χ1v) is 8.72. The van der Waals surface area contributed by atoms with Crippen LogP contribution in [-0.4, -0.2) is 42.1 Å². The average Bonchev–Trinajstić information content (AvgIpc) is 2.70. The van der Waals surface area contributed by atoms with E-state index in [4.69, 9.17) is 4.74 Å². The fraction of sp³-hybridized carbons (Fsp3) is 0.250. The van der Waals surface area contributed by atoms with Gasteiger partial charge < -0.3 is 20.5 Å². The molecular weight excluding hydrogens is 367 g/mol. The lowest BCUT2D eigenvalue weighted by Gasteiger charge is -2.16. The molecule has 1 unspecified atom stereocenters. The monoisotopic (exact) mass is 388 g/mol. The summed E-state index contributed by atoms with van der Waals surface area (Å²) in [6.45, 7) is 2.14. The van der Waals surface area contributed by atoms with Gasteiger partial charge in [0.05, 0.1) is 6.54 Å². The molecule has 0 heterocycles. The van der Waals surface area contributed by atoms with E-state index < -0.39 is 23.8 Å². The Hall–Kier alpha value is -3.42. The van der Waals surface area contributed by atoms with E-state index in [0.29, 0.717) is 12.1 Å². The van der Waals surface area contributed by atoms with Gasteiger partial charge in [-0.05, 0) is 48.9 Å². The van der Waals surface area contributed by atoms with Crippen LogP contribution in [0.15, 0.2) is 48.5 Å². The number of aliphatic carboxylic acids is 1. The van der Waals surface area contributed by atoms with Crippen LogP contribution in [0.4, 0.5) is 4.39 Å². The van der Waals surface area contributed by atoms with Crippen LogP contribution in [0.5, 0.6) is 5.75 Å². The van der Waals surface area contributed by atoms with Crippen molar-refractivity contribution in [3.05, 3.63) is 65.5 Å². The van der Waals surface area contributed by atoms with Crippen molar-refractivity contribution in [1.82, 2.24) is 10.6 Å². The van der Waals surface area contributed by atoms with Crippen LogP contribution in [0.1, 0.15) is 34.1 Å². The topological polar surface area (TPSA) is 105 Å². The van der Waals surface area contributed by atoms with Crippen molar-refractivity contribution < 1.29 is 28.6 Å². The Kier molecular flexibility index (Phi) is 7.50. The SMILES string of the molecule is CCCNC(=O)c1cccc(C(=O)NCC(Oc2ccc(F)cc2)C(=O)O)c1. The van der Waals surface area contributed by atoms with Gasteiger partial charge in [-0.1, -0.05) is 13.0 Å². The fourth-order valence-corrected chi connectivity index (χ4v) is 2.29. The third kappa shape index (κ3) is 6.08. The average molecular weight is 388 g/mol. The Labute approximate surface area is 161 Å². The maximum Gasteiger partial charge on any atom is 0.346 e. The fourth-order valence-electron chi connectivity index (χ4n) is 2.29. The van der Waals surface area contributed by atoms with Crippen molar-refractivity contribution in [2.45, 2.75) is 19.4 Å². The molecule has 0 fully saturated rings. The summed E-state index contributed by atoms with van der Waals surface area (Å²) in [5.74, 6) is -2.43. The first-order chi connectivity index (χ1) is 13.4. The van der Waals surface area contributed by atoms with Gasteiger partial charge in [-0.2, -0.15) is 0 Å². The van der Waals surface area contributed by atoms with E-state index in [9.17, 15) is 23.9 Å². The molecule has 1 atom stereocenters. The molecule has 148 valence electrons. The Morgan fingerprint density at radius 3 is 2.21 bits per heavy atom. The van der Waals surface area contributed by atoms with Gasteiger partial charge in [0.2, 0.25) is 6.10 Å². The van der Waals surface area contributed by atoms with Gasteiger partial charge in [0.25, 0.3) is 11.8 Å². The number of nitrogens with one attached hydrogen (secondary N) is 2. The zero-order chi connectivity index (χ0) is 20.5. The van der Waals surface area contributed by atoms with E-state index in [2.05, 4.69) is 10.6 Å². The van der Waals surface area contributed by atoms with Gasteiger partial charge in [-0.15, -0.1) is 0 Å². The molecule has 0 radical (unpaired) electrons. The van der Waals surface area contributed by atoms with Crippen LogP contribution in [0, 0.1) is 5.82 Å². The van der Waals surface area contributed by atoms with Gasteiger partial charge in [0, 0.05) is 17.7 Å². The second-order valence-corrected chi connectivity index (χ2v) is 5.95. The molecule has 2 aromatic carbocycles. The smallest absolute Gasteiger partial charge is 0.346 e. The summed E-state index contributed by atoms with van der Waals surface area (Å²) in [7, 11) is 0. The molecule has 7 nitrogen and oxygen atoms in total. The largest absolute Gasteiger partial charge is 0.478 e. The number of halogens is 1. The highest BCUT2D eigenvalue weighted by molar-refractivity contribution is 5.99. The molecule has 0 saturated heterocycles. The third-order valence-corrected chi connectivity index (χ3v) is 3.74. The molecule has 8 heteroatoms. The lowest BCUT2D eigenvalue weighted by Crippen LogP contribution is -2.40. The summed E-state index contributed by atoms with van der Waals surface area (Å²) in [5, 5.41) is 14.5. The number of benzene rings is 2. The van der Waals surface area contributed by atoms with Crippen molar-refractivity contribution in [2.75, 3.05) is 13.1 Å². The minimum Gasteiger partial charge on any atom is -0.478 e. The molecule has 0 spiro atoms. The number of carbonyl (C=O) groups is 3. The zero-order valence-corrected chi connectivity index (χ0v) is 15.3. The summed E-state index contributed by atoms with van der Waals surface area (Å²) in [6, 6.07) is 11.0. The minimum atomic E-state index is -1.36. The van der Waals surface area contributed by atoms with Crippen LogP contribution in [0.2, 0.25) is 0 Å². The molecule has 3 N–H and O–H groups in total. The number of carboxylic acid groups (broad SMARTS) is 1. The summed E-state index contributed by atoms with van der Waals surface area (Å²) in [6.07, 6.45) is -0.568. The molecule has 28 heavy (non-hydrogen) atoms. The van der Waals surface area contributed by atoms with E-state index in [-0.39, 0.29) is 23.8 Å². The molecule has 2 rings (SSSR count). The van der Waals surface area contributed by atoms with Crippen LogP contribution in [0.3, 0.4) is 0 Å². The number of hydrogen-bond donors (Lipinski definition) is 3. The van der Waals surface area contributed by atoms with Crippen molar-refractivity contribution in [2.24, 2.45) is 0 Å². The van der Waals surface area contributed by atoms with Crippen molar-refractivity contribution in [3.63, 3.8) is 0 Å². The normalized spacial score (nSPS) is 11.4. The van der Waals surface area contributed by atoms with Crippen LogP contribution in [0.25, 0.3) is 0 Å². The van der Waals surface area contributed by atoms with Crippen molar-refractivity contribution in [3.8, 4) is 5.75 Å². The van der Waals surface area contributed by atoms with Crippen LogP contribution >= 0.6 is 0 Å². The van der Waals surface area contributed by atoms with Crippen LogP contribution < -0.4 is 15.4 Å². The predicted octanol–water partition coefficient (Wildman–Crippen LogP) is 2.23. The molecule has 0 saturated carbocycles. The van der Waals surface area contributed by atoms with Crippen molar-refractivity contribution in [1.29, 1.82) is 0 Å². The second kappa shape index (κ2) is 10.1. The van der Waals surface area contributed by atoms with Gasteiger partial charge in [-0.25, -0.2) is 9.18 Å². The summed E-state index contributed by atoms with van der Waals surface area (Å²) >= 11 is 0.